The highest BCUT2D eigenvalue weighted by Crippen LogP contribution is 2.30. The van der Waals surface area contributed by atoms with Crippen LogP contribution in [-0.2, 0) is 4.79 Å². The molecule has 2 atom stereocenters. The van der Waals surface area contributed by atoms with E-state index in [9.17, 15) is 4.79 Å². The van der Waals surface area contributed by atoms with Gasteiger partial charge in [-0.1, -0.05) is 51.9 Å². The van der Waals surface area contributed by atoms with E-state index in [4.69, 9.17) is 0 Å². The molecule has 0 saturated heterocycles. The Labute approximate surface area is 118 Å². The third-order valence-corrected chi connectivity index (χ3v) is 5.26. The number of nitrogens with zero attached hydrogens (tertiary/aromatic N) is 1. The lowest BCUT2D eigenvalue weighted by Crippen LogP contribution is -2.36. The molecule has 2 aliphatic rings. The van der Waals surface area contributed by atoms with Crippen molar-refractivity contribution in [3.8, 4) is 0 Å². The van der Waals surface area contributed by atoms with Gasteiger partial charge in [-0.15, -0.1) is 0 Å². The molecule has 0 spiro atoms. The third kappa shape index (κ3) is 4.50. The van der Waals surface area contributed by atoms with Gasteiger partial charge in [0.25, 0.3) is 0 Å². The molecule has 0 aliphatic heterocycles. The monoisotopic (exact) mass is 265 g/mol. The van der Waals surface area contributed by atoms with Crippen LogP contribution in [0.2, 0.25) is 0 Å². The molecule has 2 nitrogen and oxygen atoms in total. The van der Waals surface area contributed by atoms with Crippen LogP contribution in [0.5, 0.6) is 0 Å². The van der Waals surface area contributed by atoms with Crippen molar-refractivity contribution in [2.45, 2.75) is 71.1 Å². The first-order valence-corrected chi connectivity index (χ1v) is 8.41. The highest BCUT2D eigenvalue weighted by atomic mass is 16.2. The minimum Gasteiger partial charge on any atom is -0.346 e. The molecular weight excluding hydrogens is 234 g/mol. The van der Waals surface area contributed by atoms with Crippen molar-refractivity contribution in [1.82, 2.24) is 4.90 Å². The molecule has 2 heteroatoms. The van der Waals surface area contributed by atoms with Gasteiger partial charge in [-0.2, -0.15) is 0 Å². The lowest BCUT2D eigenvalue weighted by Gasteiger charge is -2.30. The summed E-state index contributed by atoms with van der Waals surface area (Å²) in [7, 11) is 2.02. The van der Waals surface area contributed by atoms with Gasteiger partial charge in [0.2, 0.25) is 5.91 Å². The molecule has 2 saturated carbocycles. The van der Waals surface area contributed by atoms with Crippen LogP contribution in [0.3, 0.4) is 0 Å². The molecule has 19 heavy (non-hydrogen) atoms. The van der Waals surface area contributed by atoms with Gasteiger partial charge in [-0.25, -0.2) is 0 Å². The third-order valence-electron chi connectivity index (χ3n) is 5.26. The molecule has 0 unspecified atom stereocenters. The topological polar surface area (TPSA) is 20.3 Å². The van der Waals surface area contributed by atoms with E-state index in [2.05, 4.69) is 6.92 Å². The maximum atomic E-state index is 12.4. The van der Waals surface area contributed by atoms with Crippen LogP contribution >= 0.6 is 0 Å². The van der Waals surface area contributed by atoms with E-state index in [1.165, 1.54) is 51.4 Å². The second kappa shape index (κ2) is 7.31. The summed E-state index contributed by atoms with van der Waals surface area (Å²) in [6, 6.07) is 0. The number of hydrogen-bond acceptors (Lipinski definition) is 1. The first-order valence-electron chi connectivity index (χ1n) is 8.41. The Hall–Kier alpha value is -0.530. The number of carbonyl (C=O) groups excluding carboxylic acids is 1. The number of hydrogen-bond donors (Lipinski definition) is 0. The molecule has 2 aliphatic carbocycles. The summed E-state index contributed by atoms with van der Waals surface area (Å²) in [6.45, 7) is 3.27. The summed E-state index contributed by atoms with van der Waals surface area (Å²) in [6.07, 6.45) is 13.0. The highest BCUT2D eigenvalue weighted by Gasteiger charge is 2.27. The smallest absolute Gasteiger partial charge is 0.225 e. The van der Waals surface area contributed by atoms with Crippen LogP contribution in [0.25, 0.3) is 0 Å². The Balaban J connectivity index is 1.72. The minimum atomic E-state index is 0.320. The molecule has 0 aromatic rings. The Morgan fingerprint density at radius 3 is 2.47 bits per heavy atom. The largest absolute Gasteiger partial charge is 0.346 e. The first-order chi connectivity index (χ1) is 9.16. The number of carbonyl (C=O) groups is 1. The SMILES string of the molecule is C[C@H]1CCC[C@@H](C(=O)N(C)CCC2CCCCC2)C1. The van der Waals surface area contributed by atoms with Crippen molar-refractivity contribution in [3.05, 3.63) is 0 Å². The second-order valence-electron chi connectivity index (χ2n) is 7.02. The zero-order valence-electron chi connectivity index (χ0n) is 12.9. The maximum Gasteiger partial charge on any atom is 0.225 e. The molecule has 0 aromatic heterocycles. The molecule has 2 fully saturated rings. The van der Waals surface area contributed by atoms with Gasteiger partial charge in [0.1, 0.15) is 0 Å². The van der Waals surface area contributed by atoms with E-state index >= 15 is 0 Å². The highest BCUT2D eigenvalue weighted by molar-refractivity contribution is 5.78. The molecule has 0 aromatic carbocycles. The summed E-state index contributed by atoms with van der Waals surface area (Å²) in [5, 5.41) is 0. The predicted octanol–water partition coefficient (Wildman–Crippen LogP) is 4.24. The normalized spacial score (nSPS) is 29.2. The van der Waals surface area contributed by atoms with Crippen LogP contribution in [0.1, 0.15) is 71.1 Å². The number of amides is 1. The molecule has 110 valence electrons. The average Bonchev–Trinajstić information content (AvgIpc) is 2.45. The predicted molar refractivity (Wildman–Crippen MR) is 80.0 cm³/mol. The molecule has 0 N–H and O–H groups in total. The van der Waals surface area contributed by atoms with E-state index in [0.717, 1.165) is 31.2 Å². The van der Waals surface area contributed by atoms with Crippen LogP contribution in [-0.4, -0.2) is 24.4 Å². The lowest BCUT2D eigenvalue weighted by molar-refractivity contribution is -0.135. The minimum absolute atomic E-state index is 0.320. The zero-order chi connectivity index (χ0) is 13.7. The van der Waals surface area contributed by atoms with E-state index in [1.807, 2.05) is 11.9 Å². The maximum absolute atomic E-state index is 12.4. The number of rotatable bonds is 4. The Morgan fingerprint density at radius 2 is 1.79 bits per heavy atom. The summed E-state index contributed by atoms with van der Waals surface area (Å²) in [5.41, 5.74) is 0. The van der Waals surface area contributed by atoms with E-state index in [-0.39, 0.29) is 0 Å². The van der Waals surface area contributed by atoms with Crippen LogP contribution in [0, 0.1) is 17.8 Å². The summed E-state index contributed by atoms with van der Waals surface area (Å²) >= 11 is 0. The van der Waals surface area contributed by atoms with Crippen molar-refractivity contribution < 1.29 is 4.79 Å². The van der Waals surface area contributed by atoms with Crippen molar-refractivity contribution >= 4 is 5.91 Å². The zero-order valence-corrected chi connectivity index (χ0v) is 12.9. The second-order valence-corrected chi connectivity index (χ2v) is 7.02. The van der Waals surface area contributed by atoms with Crippen LogP contribution in [0.4, 0.5) is 0 Å². The van der Waals surface area contributed by atoms with Gasteiger partial charge in [0.05, 0.1) is 0 Å². The van der Waals surface area contributed by atoms with Crippen molar-refractivity contribution in [2.24, 2.45) is 17.8 Å². The molecule has 1 amide bonds. The fourth-order valence-corrected chi connectivity index (χ4v) is 3.93. The van der Waals surface area contributed by atoms with Gasteiger partial charge in [-0.3, -0.25) is 4.79 Å². The lowest BCUT2D eigenvalue weighted by atomic mass is 9.81. The fourth-order valence-electron chi connectivity index (χ4n) is 3.93. The van der Waals surface area contributed by atoms with Crippen molar-refractivity contribution in [3.63, 3.8) is 0 Å². The molecule has 0 radical (unpaired) electrons. The summed E-state index contributed by atoms with van der Waals surface area (Å²) in [4.78, 5) is 14.5. The van der Waals surface area contributed by atoms with Crippen molar-refractivity contribution in [1.29, 1.82) is 0 Å². The van der Waals surface area contributed by atoms with E-state index in [1.54, 1.807) is 0 Å². The molecule has 0 heterocycles. The Bertz CT molecular complexity index is 283. The van der Waals surface area contributed by atoms with Gasteiger partial charge in [0.15, 0.2) is 0 Å². The van der Waals surface area contributed by atoms with Gasteiger partial charge in [-0.05, 0) is 31.1 Å². The van der Waals surface area contributed by atoms with Gasteiger partial charge in [0, 0.05) is 19.5 Å². The van der Waals surface area contributed by atoms with Gasteiger partial charge < -0.3 is 4.90 Å². The van der Waals surface area contributed by atoms with Gasteiger partial charge >= 0.3 is 0 Å². The quantitative estimate of drug-likeness (QED) is 0.744. The van der Waals surface area contributed by atoms with E-state index < -0.39 is 0 Å². The van der Waals surface area contributed by atoms with Crippen molar-refractivity contribution in [2.75, 3.05) is 13.6 Å². The molecular formula is C17H31NO. The van der Waals surface area contributed by atoms with E-state index in [0.29, 0.717) is 11.8 Å². The fraction of sp³-hybridized carbons (Fsp3) is 0.941. The summed E-state index contributed by atoms with van der Waals surface area (Å²) in [5.74, 6) is 2.37. The first kappa shape index (κ1) is 14.9. The Kier molecular flexibility index (Phi) is 5.72. The van der Waals surface area contributed by atoms with Crippen LogP contribution in [0.15, 0.2) is 0 Å². The van der Waals surface area contributed by atoms with Crippen LogP contribution < -0.4 is 0 Å². The molecule has 2 rings (SSSR count). The average molecular weight is 265 g/mol. The molecule has 0 bridgehead atoms. The standard InChI is InChI=1S/C17H31NO/c1-14-7-6-10-16(13-14)17(19)18(2)12-11-15-8-4-3-5-9-15/h14-16H,3-13H2,1-2H3/t14-,16+/m0/s1. The summed E-state index contributed by atoms with van der Waals surface area (Å²) < 4.78 is 0. The Morgan fingerprint density at radius 1 is 1.05 bits per heavy atom.